The van der Waals surface area contributed by atoms with Crippen molar-refractivity contribution in [2.24, 2.45) is 5.92 Å². The molecule has 2 N–H and O–H groups in total. The van der Waals surface area contributed by atoms with Gasteiger partial charge in [0.2, 0.25) is 6.17 Å². The van der Waals surface area contributed by atoms with Gasteiger partial charge in [0.15, 0.2) is 11.9 Å². The van der Waals surface area contributed by atoms with E-state index in [9.17, 15) is 5.11 Å². The van der Waals surface area contributed by atoms with E-state index in [0.717, 1.165) is 31.4 Å². The van der Waals surface area contributed by atoms with Crippen LogP contribution in [0.4, 0.5) is 0 Å². The van der Waals surface area contributed by atoms with E-state index >= 15 is 0 Å². The Hall–Kier alpha value is -1.87. The van der Waals surface area contributed by atoms with E-state index in [0.29, 0.717) is 18.4 Å². The van der Waals surface area contributed by atoms with Crippen molar-refractivity contribution in [3.63, 3.8) is 0 Å². The van der Waals surface area contributed by atoms with Gasteiger partial charge in [0.05, 0.1) is 12.2 Å². The molecule has 0 aromatic carbocycles. The summed E-state index contributed by atoms with van der Waals surface area (Å²) in [7, 11) is 0. The highest BCUT2D eigenvalue weighted by molar-refractivity contribution is 5.74. The van der Waals surface area contributed by atoms with Gasteiger partial charge in [-0.15, -0.1) is 0 Å². The molecule has 2 rings (SSSR count). The Labute approximate surface area is 159 Å². The second-order valence-electron chi connectivity index (χ2n) is 7.46. The van der Waals surface area contributed by atoms with E-state index in [1.807, 2.05) is 0 Å². The first-order valence-electron chi connectivity index (χ1n) is 10.00. The number of nitrogens with one attached hydrogen (secondary N) is 1. The van der Waals surface area contributed by atoms with Crippen LogP contribution in [0.1, 0.15) is 70.8 Å². The van der Waals surface area contributed by atoms with Crippen LogP contribution in [-0.4, -0.2) is 11.1 Å². The average Bonchev–Trinajstić information content (AvgIpc) is 2.65. The number of rotatable bonds is 9. The molecule has 0 amide bonds. The lowest BCUT2D eigenvalue weighted by Crippen LogP contribution is -2.53. The molecule has 1 heterocycles. The molecule has 0 spiro atoms. The fraction of sp³-hybridized carbons (Fsp3) is 0.522. The van der Waals surface area contributed by atoms with Crippen LogP contribution in [0.2, 0.25) is 0 Å². The fourth-order valence-corrected chi connectivity index (χ4v) is 3.44. The van der Waals surface area contributed by atoms with Crippen molar-refractivity contribution in [1.29, 1.82) is 0 Å². The Bertz CT molecular complexity index is 675. The minimum absolute atomic E-state index is 0.203. The predicted molar refractivity (Wildman–Crippen MR) is 110 cm³/mol. The van der Waals surface area contributed by atoms with Crippen molar-refractivity contribution in [3.8, 4) is 0 Å². The van der Waals surface area contributed by atoms with E-state index in [1.165, 1.54) is 11.1 Å². The maximum absolute atomic E-state index is 9.84. The van der Waals surface area contributed by atoms with Crippen molar-refractivity contribution in [2.45, 2.75) is 72.0 Å². The molecule has 0 saturated carbocycles. The van der Waals surface area contributed by atoms with Gasteiger partial charge in [-0.3, -0.25) is 5.32 Å². The Morgan fingerprint density at radius 1 is 1.27 bits per heavy atom. The zero-order chi connectivity index (χ0) is 19.1. The molecule has 142 valence electrons. The zero-order valence-electron chi connectivity index (χ0n) is 16.8. The number of aromatic nitrogens is 1. The van der Waals surface area contributed by atoms with Gasteiger partial charge in [0, 0.05) is 24.6 Å². The molecule has 1 aliphatic rings. The molecule has 1 aliphatic carbocycles. The summed E-state index contributed by atoms with van der Waals surface area (Å²) in [5, 5.41) is 13.6. The van der Waals surface area contributed by atoms with Crippen LogP contribution in [0.15, 0.2) is 48.9 Å². The first-order valence-corrected chi connectivity index (χ1v) is 10.00. The molecule has 26 heavy (non-hydrogen) atoms. The predicted octanol–water partition coefficient (Wildman–Crippen LogP) is 5.25. The lowest BCUT2D eigenvalue weighted by molar-refractivity contribution is -0.736. The summed E-state index contributed by atoms with van der Waals surface area (Å²) in [6.07, 6.45) is 13.9. The van der Waals surface area contributed by atoms with E-state index in [1.54, 1.807) is 0 Å². The number of aliphatic hydroxyl groups is 1. The van der Waals surface area contributed by atoms with Crippen LogP contribution in [0.25, 0.3) is 5.57 Å². The zero-order valence-corrected chi connectivity index (χ0v) is 16.8. The van der Waals surface area contributed by atoms with Crippen LogP contribution in [0, 0.1) is 5.92 Å². The average molecular weight is 356 g/mol. The Balaban J connectivity index is 2.34. The molecule has 0 fully saturated rings. The lowest BCUT2D eigenvalue weighted by Gasteiger charge is -2.24. The normalized spacial score (nSPS) is 17.5. The summed E-state index contributed by atoms with van der Waals surface area (Å²) in [6, 6.07) is 4.82. The third kappa shape index (κ3) is 5.31. The van der Waals surface area contributed by atoms with E-state index < -0.39 is 0 Å². The molecule has 3 unspecified atom stereocenters. The molecule has 3 atom stereocenters. The molecule has 3 nitrogen and oxygen atoms in total. The third-order valence-corrected chi connectivity index (χ3v) is 5.46. The van der Waals surface area contributed by atoms with Gasteiger partial charge in [0.25, 0.3) is 0 Å². The standard InChI is InChI=1S/C23H34N2O/c1-6-17(3)19(5)24-23(7-2)25-14-13-21(16-22(25)15-18(4)26)20-11-9-8-10-12-20/h9,11-14,16-17,19,23-24H,4,6-8,10,15H2,1-3,5H3/p+1. The van der Waals surface area contributed by atoms with Gasteiger partial charge in [-0.1, -0.05) is 52.0 Å². The van der Waals surface area contributed by atoms with Crippen LogP contribution >= 0.6 is 0 Å². The SMILES string of the molecule is C=C(O)Cc1cc(C2=CCCC=C2)cc[n+]1C(CC)NC(C)C(C)CC. The monoisotopic (exact) mass is 355 g/mol. The fourth-order valence-electron chi connectivity index (χ4n) is 3.44. The van der Waals surface area contributed by atoms with Gasteiger partial charge < -0.3 is 5.11 Å². The number of aliphatic hydroxyl groups excluding tert-OH is 1. The third-order valence-electron chi connectivity index (χ3n) is 5.46. The Morgan fingerprint density at radius 3 is 2.62 bits per heavy atom. The van der Waals surface area contributed by atoms with Crippen molar-refractivity contribution in [2.75, 3.05) is 0 Å². The highest BCUT2D eigenvalue weighted by atomic mass is 16.3. The highest BCUT2D eigenvalue weighted by Gasteiger charge is 2.25. The number of pyridine rings is 1. The Kier molecular flexibility index (Phi) is 7.65. The van der Waals surface area contributed by atoms with Gasteiger partial charge in [-0.25, -0.2) is 0 Å². The number of hydrogen-bond acceptors (Lipinski definition) is 2. The molecule has 0 saturated heterocycles. The smallest absolute Gasteiger partial charge is 0.212 e. The summed E-state index contributed by atoms with van der Waals surface area (Å²) >= 11 is 0. The van der Waals surface area contributed by atoms with Gasteiger partial charge in [-0.05, 0) is 36.8 Å². The summed E-state index contributed by atoms with van der Waals surface area (Å²) < 4.78 is 2.26. The van der Waals surface area contributed by atoms with Crippen molar-refractivity contribution in [1.82, 2.24) is 5.32 Å². The minimum Gasteiger partial charge on any atom is -0.512 e. The summed E-state index contributed by atoms with van der Waals surface area (Å²) in [4.78, 5) is 0. The topological polar surface area (TPSA) is 36.1 Å². The second-order valence-corrected chi connectivity index (χ2v) is 7.46. The van der Waals surface area contributed by atoms with Gasteiger partial charge in [0.1, 0.15) is 0 Å². The molecule has 0 bridgehead atoms. The molecule has 1 aromatic heterocycles. The maximum Gasteiger partial charge on any atom is 0.212 e. The maximum atomic E-state index is 9.84. The quantitative estimate of drug-likeness (QED) is 0.468. The number of hydrogen-bond donors (Lipinski definition) is 2. The van der Waals surface area contributed by atoms with E-state index in [2.05, 4.69) is 80.7 Å². The van der Waals surface area contributed by atoms with Crippen LogP contribution in [0.3, 0.4) is 0 Å². The first-order chi connectivity index (χ1) is 12.5. The first kappa shape index (κ1) is 20.4. The number of allylic oxidation sites excluding steroid dienone is 5. The second kappa shape index (κ2) is 9.72. The molecule has 0 radical (unpaired) electrons. The van der Waals surface area contributed by atoms with Crippen LogP contribution < -0.4 is 9.88 Å². The largest absolute Gasteiger partial charge is 0.512 e. The molecule has 1 aromatic rings. The van der Waals surface area contributed by atoms with E-state index in [4.69, 9.17) is 0 Å². The van der Waals surface area contributed by atoms with Crippen molar-refractivity contribution >= 4 is 5.57 Å². The van der Waals surface area contributed by atoms with E-state index in [-0.39, 0.29) is 11.9 Å². The van der Waals surface area contributed by atoms with Crippen molar-refractivity contribution < 1.29 is 9.67 Å². The van der Waals surface area contributed by atoms with Crippen LogP contribution in [0.5, 0.6) is 0 Å². The highest BCUT2D eigenvalue weighted by Crippen LogP contribution is 2.22. The van der Waals surface area contributed by atoms with Gasteiger partial charge >= 0.3 is 0 Å². The van der Waals surface area contributed by atoms with Crippen molar-refractivity contribution in [3.05, 3.63) is 60.2 Å². The summed E-state index contributed by atoms with van der Waals surface area (Å²) in [5.74, 6) is 0.826. The Morgan fingerprint density at radius 2 is 2.04 bits per heavy atom. The number of nitrogens with zero attached hydrogens (tertiary/aromatic N) is 1. The van der Waals surface area contributed by atoms with Crippen LogP contribution in [-0.2, 0) is 6.42 Å². The minimum atomic E-state index is 0.203. The summed E-state index contributed by atoms with van der Waals surface area (Å²) in [5.41, 5.74) is 3.56. The van der Waals surface area contributed by atoms with Gasteiger partial charge in [-0.2, -0.15) is 4.57 Å². The molecular weight excluding hydrogens is 320 g/mol. The molecule has 3 heteroatoms. The summed E-state index contributed by atoms with van der Waals surface area (Å²) in [6.45, 7) is 12.7. The molecular formula is C23H35N2O+. The molecule has 0 aliphatic heterocycles. The lowest BCUT2D eigenvalue weighted by atomic mass is 9.98.